The van der Waals surface area contributed by atoms with Gasteiger partial charge in [-0.2, -0.15) is 12.6 Å². The highest BCUT2D eigenvalue weighted by Crippen LogP contribution is 2.21. The summed E-state index contributed by atoms with van der Waals surface area (Å²) in [6.45, 7) is 0.343. The molecule has 0 aromatic carbocycles. The van der Waals surface area contributed by atoms with E-state index in [1.807, 2.05) is 0 Å². The Labute approximate surface area is 207 Å². The lowest BCUT2D eigenvalue weighted by Gasteiger charge is -2.28. The highest BCUT2D eigenvalue weighted by Gasteiger charge is 2.39. The molecule has 2 aliphatic rings. The number of aliphatic hydroxyl groups excluding tert-OH is 1. The number of likely N-dealkylation sites (tertiary alicyclic amines) is 1. The maximum atomic E-state index is 12.8. The number of aliphatic hydroxyl groups is 1. The maximum Gasteiger partial charge on any atom is 0.326 e. The van der Waals surface area contributed by atoms with Gasteiger partial charge in [0.1, 0.15) is 24.2 Å². The van der Waals surface area contributed by atoms with Crippen LogP contribution in [-0.2, 0) is 28.8 Å². The quantitative estimate of drug-likeness (QED) is 0.118. The molecule has 0 saturated carbocycles. The summed E-state index contributed by atoms with van der Waals surface area (Å²) in [5, 5.41) is 28.7. The van der Waals surface area contributed by atoms with Crippen LogP contribution in [0.1, 0.15) is 32.1 Å². The summed E-state index contributed by atoms with van der Waals surface area (Å²) in [4.78, 5) is 74.3. The number of primary amides is 1. The molecule has 5 amide bonds. The number of nitrogens with two attached hydrogens (primary N) is 1. The summed E-state index contributed by atoms with van der Waals surface area (Å²) in [5.74, 6) is -5.33. The minimum Gasteiger partial charge on any atom is -0.480 e. The standard InChI is InChI=1S/C20H32N6O8S/c21-15(28)7-11(20(33)34)23-17(30)13(9-35)25-16(29)12(8-27)24-18(31)14-4-2-6-26(14)19(32)10-3-1-5-22-10/h10-14,22,27,35H,1-9H2,(H2,21,28)(H,23,30)(H,24,31)(H,25,29)(H,33,34)/t10-,11-,12-,13-,14-/m0/s1. The van der Waals surface area contributed by atoms with Gasteiger partial charge in [-0.05, 0) is 32.2 Å². The van der Waals surface area contributed by atoms with Gasteiger partial charge >= 0.3 is 5.97 Å². The molecule has 0 aromatic rings. The molecular formula is C20H32N6O8S. The summed E-state index contributed by atoms with van der Waals surface area (Å²) >= 11 is 3.97. The van der Waals surface area contributed by atoms with Crippen molar-refractivity contribution in [3.8, 4) is 0 Å². The van der Waals surface area contributed by atoms with Crippen molar-refractivity contribution in [2.24, 2.45) is 5.73 Å². The number of carbonyl (C=O) groups is 6. The van der Waals surface area contributed by atoms with Gasteiger partial charge in [0.15, 0.2) is 0 Å². The third-order valence-electron chi connectivity index (χ3n) is 5.85. The van der Waals surface area contributed by atoms with Crippen LogP contribution in [0.25, 0.3) is 0 Å². The Morgan fingerprint density at radius 1 is 1.00 bits per heavy atom. The molecule has 2 fully saturated rings. The Hall–Kier alpha value is -2.91. The lowest BCUT2D eigenvalue weighted by Crippen LogP contribution is -2.59. The van der Waals surface area contributed by atoms with Crippen LogP contribution in [0.3, 0.4) is 0 Å². The number of aliphatic carboxylic acids is 1. The van der Waals surface area contributed by atoms with E-state index < -0.39 is 66.8 Å². The molecular weight excluding hydrogens is 484 g/mol. The number of hydrogen-bond donors (Lipinski definition) is 8. The van der Waals surface area contributed by atoms with Crippen LogP contribution in [0.15, 0.2) is 0 Å². The van der Waals surface area contributed by atoms with Crippen molar-refractivity contribution in [2.75, 3.05) is 25.4 Å². The van der Waals surface area contributed by atoms with Crippen LogP contribution >= 0.6 is 12.6 Å². The number of nitrogens with zero attached hydrogens (tertiary/aromatic N) is 1. The first-order valence-electron chi connectivity index (χ1n) is 11.3. The fourth-order valence-electron chi connectivity index (χ4n) is 4.00. The number of carboxylic acids is 1. The summed E-state index contributed by atoms with van der Waals surface area (Å²) in [5.41, 5.74) is 4.98. The van der Waals surface area contributed by atoms with Crippen LogP contribution in [-0.4, -0.2) is 106 Å². The van der Waals surface area contributed by atoms with Crippen LogP contribution in [0, 0.1) is 0 Å². The summed E-state index contributed by atoms with van der Waals surface area (Å²) in [6, 6.07) is -5.50. The second-order valence-electron chi connectivity index (χ2n) is 8.40. The summed E-state index contributed by atoms with van der Waals surface area (Å²) in [6.07, 6.45) is 1.91. The number of nitrogens with one attached hydrogen (secondary N) is 4. The van der Waals surface area contributed by atoms with E-state index in [1.54, 1.807) is 0 Å². The third-order valence-corrected chi connectivity index (χ3v) is 6.21. The lowest BCUT2D eigenvalue weighted by atomic mass is 10.1. The molecule has 0 aliphatic carbocycles. The molecule has 5 atom stereocenters. The van der Waals surface area contributed by atoms with Gasteiger partial charge in [-0.3, -0.25) is 24.0 Å². The molecule has 2 aliphatic heterocycles. The highest BCUT2D eigenvalue weighted by molar-refractivity contribution is 7.80. The molecule has 0 bridgehead atoms. The van der Waals surface area contributed by atoms with Gasteiger partial charge < -0.3 is 42.1 Å². The van der Waals surface area contributed by atoms with E-state index in [2.05, 4.69) is 33.9 Å². The molecule has 2 saturated heterocycles. The Kier molecular flexibility index (Phi) is 10.7. The van der Waals surface area contributed by atoms with Gasteiger partial charge in [0.25, 0.3) is 0 Å². The topological polar surface area (TPSA) is 220 Å². The third kappa shape index (κ3) is 7.80. The fourth-order valence-corrected chi connectivity index (χ4v) is 4.26. The smallest absolute Gasteiger partial charge is 0.326 e. The van der Waals surface area contributed by atoms with E-state index >= 15 is 0 Å². The zero-order valence-electron chi connectivity index (χ0n) is 19.1. The predicted octanol–water partition coefficient (Wildman–Crippen LogP) is -3.93. The monoisotopic (exact) mass is 516 g/mol. The Bertz CT molecular complexity index is 836. The molecule has 35 heavy (non-hydrogen) atoms. The average Bonchev–Trinajstić information content (AvgIpc) is 3.51. The Morgan fingerprint density at radius 2 is 1.66 bits per heavy atom. The first-order valence-corrected chi connectivity index (χ1v) is 11.9. The van der Waals surface area contributed by atoms with Gasteiger partial charge in [-0.15, -0.1) is 0 Å². The molecule has 196 valence electrons. The van der Waals surface area contributed by atoms with Gasteiger partial charge in [0, 0.05) is 12.3 Å². The minimum atomic E-state index is -1.60. The second kappa shape index (κ2) is 13.3. The van der Waals surface area contributed by atoms with E-state index in [0.717, 1.165) is 13.0 Å². The molecule has 2 heterocycles. The highest BCUT2D eigenvalue weighted by atomic mass is 32.1. The maximum absolute atomic E-state index is 12.8. The summed E-state index contributed by atoms with van der Waals surface area (Å²) in [7, 11) is 0. The SMILES string of the molecule is NC(=O)C[C@H](NC(=O)[C@H](CS)NC(=O)[C@H](CO)NC(=O)[C@@H]1CCCN1C(=O)[C@@H]1CCCN1)C(=O)O. The van der Waals surface area contributed by atoms with Crippen molar-refractivity contribution in [1.82, 2.24) is 26.2 Å². The van der Waals surface area contributed by atoms with Gasteiger partial charge in [-0.25, -0.2) is 4.79 Å². The van der Waals surface area contributed by atoms with Crippen molar-refractivity contribution >= 4 is 48.1 Å². The van der Waals surface area contributed by atoms with E-state index in [4.69, 9.17) is 10.8 Å². The average molecular weight is 517 g/mol. The number of thiol groups is 1. The first-order chi connectivity index (χ1) is 16.6. The van der Waals surface area contributed by atoms with E-state index in [1.165, 1.54) is 4.90 Å². The van der Waals surface area contributed by atoms with E-state index in [-0.39, 0.29) is 17.7 Å². The molecule has 0 unspecified atom stereocenters. The second-order valence-corrected chi connectivity index (χ2v) is 8.76. The Balaban J connectivity index is 1.98. The van der Waals surface area contributed by atoms with E-state index in [0.29, 0.717) is 25.8 Å². The molecule has 15 heteroatoms. The molecule has 0 spiro atoms. The molecule has 0 radical (unpaired) electrons. The van der Waals surface area contributed by atoms with Crippen LogP contribution in [0.5, 0.6) is 0 Å². The van der Waals surface area contributed by atoms with Gasteiger partial charge in [0.2, 0.25) is 29.5 Å². The summed E-state index contributed by atoms with van der Waals surface area (Å²) < 4.78 is 0. The number of amides is 5. The van der Waals surface area contributed by atoms with Crippen molar-refractivity contribution < 1.29 is 39.0 Å². The molecule has 14 nitrogen and oxygen atoms in total. The molecule has 0 aromatic heterocycles. The zero-order valence-corrected chi connectivity index (χ0v) is 20.0. The van der Waals surface area contributed by atoms with Crippen LogP contribution in [0.2, 0.25) is 0 Å². The first kappa shape index (κ1) is 28.3. The van der Waals surface area contributed by atoms with Crippen LogP contribution in [0.4, 0.5) is 0 Å². The van der Waals surface area contributed by atoms with E-state index in [9.17, 15) is 33.9 Å². The van der Waals surface area contributed by atoms with Gasteiger partial charge in [-0.1, -0.05) is 0 Å². The fraction of sp³-hybridized carbons (Fsp3) is 0.700. The number of rotatable bonds is 12. The normalized spacial score (nSPS) is 22.1. The zero-order chi connectivity index (χ0) is 26.1. The van der Waals surface area contributed by atoms with Crippen molar-refractivity contribution in [3.05, 3.63) is 0 Å². The van der Waals surface area contributed by atoms with Crippen LogP contribution < -0.4 is 27.0 Å². The van der Waals surface area contributed by atoms with Gasteiger partial charge in [0.05, 0.1) is 19.1 Å². The van der Waals surface area contributed by atoms with Crippen molar-refractivity contribution in [3.63, 3.8) is 0 Å². The van der Waals surface area contributed by atoms with Crippen molar-refractivity contribution in [1.29, 1.82) is 0 Å². The molecule has 2 rings (SSSR count). The number of carboxylic acid groups (broad SMARTS) is 1. The molecule has 8 N–H and O–H groups in total. The van der Waals surface area contributed by atoms with Crippen molar-refractivity contribution in [2.45, 2.75) is 62.3 Å². The number of carbonyl (C=O) groups excluding carboxylic acids is 5. The minimum absolute atomic E-state index is 0.180. The Morgan fingerprint density at radius 3 is 2.20 bits per heavy atom. The largest absolute Gasteiger partial charge is 0.480 e. The lowest BCUT2D eigenvalue weighted by molar-refractivity contribution is -0.143. The predicted molar refractivity (Wildman–Crippen MR) is 124 cm³/mol. The number of hydrogen-bond acceptors (Lipinski definition) is 9.